The summed E-state index contributed by atoms with van der Waals surface area (Å²) < 4.78 is 0. The van der Waals surface area contributed by atoms with Crippen molar-refractivity contribution in [2.24, 2.45) is 5.92 Å². The van der Waals surface area contributed by atoms with Gasteiger partial charge in [0, 0.05) is 10.6 Å². The predicted molar refractivity (Wildman–Crippen MR) is 82.8 cm³/mol. The molecule has 0 fully saturated rings. The molecular weight excluding hydrogens is 308 g/mol. The number of carbonyl (C=O) groups excluding carboxylic acids is 2. The second-order valence-electron chi connectivity index (χ2n) is 4.96. The minimum atomic E-state index is -1.14. The first-order valence-electron chi connectivity index (χ1n) is 6.91. The Labute approximate surface area is 133 Å². The maximum absolute atomic E-state index is 12.2. The molecule has 2 amide bonds. The molecule has 0 heterocycles. The zero-order valence-electron chi connectivity index (χ0n) is 12.4. The molecule has 0 spiro atoms. The van der Waals surface area contributed by atoms with E-state index in [2.05, 4.69) is 10.6 Å². The maximum Gasteiger partial charge on any atom is 0.322 e. The molecule has 120 valence electrons. The van der Waals surface area contributed by atoms with E-state index in [0.29, 0.717) is 17.0 Å². The first-order chi connectivity index (χ1) is 10.3. The quantitative estimate of drug-likeness (QED) is 0.710. The lowest BCUT2D eigenvalue weighted by atomic mass is 9.98. The molecule has 1 rings (SSSR count). The second-order valence-corrected chi connectivity index (χ2v) is 5.39. The van der Waals surface area contributed by atoms with E-state index in [4.69, 9.17) is 16.7 Å². The van der Waals surface area contributed by atoms with Crippen molar-refractivity contribution in [1.29, 1.82) is 0 Å². The number of rotatable bonds is 7. The zero-order valence-corrected chi connectivity index (χ0v) is 13.2. The summed E-state index contributed by atoms with van der Waals surface area (Å²) in [6.07, 6.45) is 0.659. The number of hydrogen-bond donors (Lipinski definition) is 3. The molecular formula is C15H19ClN2O4. The van der Waals surface area contributed by atoms with Crippen LogP contribution in [0.1, 0.15) is 30.6 Å². The van der Waals surface area contributed by atoms with Crippen LogP contribution in [0, 0.1) is 5.92 Å². The summed E-state index contributed by atoms with van der Waals surface area (Å²) in [6, 6.07) is 5.48. The van der Waals surface area contributed by atoms with E-state index in [0.717, 1.165) is 0 Å². The van der Waals surface area contributed by atoms with Gasteiger partial charge in [-0.3, -0.25) is 14.4 Å². The molecule has 0 saturated carbocycles. The van der Waals surface area contributed by atoms with Gasteiger partial charge in [-0.25, -0.2) is 0 Å². The van der Waals surface area contributed by atoms with E-state index in [1.807, 2.05) is 13.8 Å². The number of hydrogen-bond acceptors (Lipinski definition) is 3. The third-order valence-electron chi connectivity index (χ3n) is 3.30. The smallest absolute Gasteiger partial charge is 0.322 e. The van der Waals surface area contributed by atoms with Crippen LogP contribution in [0.15, 0.2) is 24.3 Å². The normalized spacial score (nSPS) is 13.0. The Hall–Kier alpha value is -2.08. The number of aliphatic carboxylic acids is 1. The van der Waals surface area contributed by atoms with Crippen LogP contribution in [-0.2, 0) is 9.59 Å². The van der Waals surface area contributed by atoms with Gasteiger partial charge in [-0.15, -0.1) is 0 Å². The van der Waals surface area contributed by atoms with Crippen molar-refractivity contribution < 1.29 is 19.5 Å². The third-order valence-corrected chi connectivity index (χ3v) is 3.55. The summed E-state index contributed by atoms with van der Waals surface area (Å²) in [6.45, 7) is 3.21. The second kappa shape index (κ2) is 8.38. The molecule has 1 aromatic rings. The van der Waals surface area contributed by atoms with E-state index in [1.165, 1.54) is 0 Å². The first-order valence-corrected chi connectivity index (χ1v) is 7.28. The number of carbonyl (C=O) groups is 3. The molecule has 2 atom stereocenters. The highest BCUT2D eigenvalue weighted by molar-refractivity contribution is 6.30. The van der Waals surface area contributed by atoms with Crippen LogP contribution in [0.4, 0.5) is 0 Å². The summed E-state index contributed by atoms with van der Waals surface area (Å²) in [5.41, 5.74) is 0.378. The van der Waals surface area contributed by atoms with Gasteiger partial charge in [0.25, 0.3) is 5.91 Å². The fourth-order valence-corrected chi connectivity index (χ4v) is 1.93. The Morgan fingerprint density at radius 2 is 1.82 bits per heavy atom. The Morgan fingerprint density at radius 3 is 2.32 bits per heavy atom. The minimum absolute atomic E-state index is 0.134. The summed E-state index contributed by atoms with van der Waals surface area (Å²) in [5, 5.41) is 14.0. The van der Waals surface area contributed by atoms with Gasteiger partial charge in [0.2, 0.25) is 5.91 Å². The molecule has 3 N–H and O–H groups in total. The Kier molecular flexibility index (Phi) is 6.85. The summed E-state index contributed by atoms with van der Waals surface area (Å²) in [4.78, 5) is 34.8. The van der Waals surface area contributed by atoms with Crippen LogP contribution in [0.25, 0.3) is 0 Å². The van der Waals surface area contributed by atoms with E-state index >= 15 is 0 Å². The van der Waals surface area contributed by atoms with Crippen LogP contribution >= 0.6 is 11.6 Å². The molecule has 0 bridgehead atoms. The molecule has 0 aliphatic rings. The lowest BCUT2D eigenvalue weighted by Crippen LogP contribution is -2.51. The molecule has 2 unspecified atom stereocenters. The maximum atomic E-state index is 12.2. The average Bonchev–Trinajstić information content (AvgIpc) is 2.49. The molecule has 0 radical (unpaired) electrons. The predicted octanol–water partition coefficient (Wildman–Crippen LogP) is 1.69. The van der Waals surface area contributed by atoms with Gasteiger partial charge in [-0.05, 0) is 30.2 Å². The molecule has 22 heavy (non-hydrogen) atoms. The molecule has 6 nitrogen and oxygen atoms in total. The molecule has 0 aliphatic carbocycles. The van der Waals surface area contributed by atoms with Crippen LogP contribution in [0.5, 0.6) is 0 Å². The number of halogens is 1. The van der Waals surface area contributed by atoms with Gasteiger partial charge in [0.1, 0.15) is 12.6 Å². The Balaban J connectivity index is 2.79. The number of benzene rings is 1. The fourth-order valence-electron chi connectivity index (χ4n) is 1.80. The Morgan fingerprint density at radius 1 is 1.23 bits per heavy atom. The van der Waals surface area contributed by atoms with E-state index < -0.39 is 30.4 Å². The monoisotopic (exact) mass is 326 g/mol. The van der Waals surface area contributed by atoms with E-state index in [1.54, 1.807) is 24.3 Å². The largest absolute Gasteiger partial charge is 0.480 e. The van der Waals surface area contributed by atoms with Gasteiger partial charge in [-0.1, -0.05) is 31.9 Å². The highest BCUT2D eigenvalue weighted by atomic mass is 35.5. The van der Waals surface area contributed by atoms with Gasteiger partial charge in [0.15, 0.2) is 0 Å². The number of amides is 2. The lowest BCUT2D eigenvalue weighted by molar-refractivity contribution is -0.138. The molecule has 0 aliphatic heterocycles. The molecule has 0 aromatic heterocycles. The zero-order chi connectivity index (χ0) is 16.7. The highest BCUT2D eigenvalue weighted by Crippen LogP contribution is 2.12. The van der Waals surface area contributed by atoms with Gasteiger partial charge >= 0.3 is 5.97 Å². The Bertz CT molecular complexity index is 545. The standard InChI is InChI=1S/C15H19ClN2O4/c1-3-9(2)13(15(22)17-8-12(19)20)18-14(21)10-4-6-11(16)7-5-10/h4-7,9,13H,3,8H2,1-2H3,(H,17,22)(H,18,21)(H,19,20). The first kappa shape index (κ1) is 18.0. The number of carboxylic acids is 1. The van der Waals surface area contributed by atoms with Crippen molar-refractivity contribution in [3.63, 3.8) is 0 Å². The van der Waals surface area contributed by atoms with Gasteiger partial charge in [0.05, 0.1) is 0 Å². The average molecular weight is 327 g/mol. The summed E-state index contributed by atoms with van der Waals surface area (Å²) >= 11 is 5.76. The summed E-state index contributed by atoms with van der Waals surface area (Å²) in [5.74, 6) is -2.20. The highest BCUT2D eigenvalue weighted by Gasteiger charge is 2.26. The fraction of sp³-hybridized carbons (Fsp3) is 0.400. The number of nitrogens with one attached hydrogen (secondary N) is 2. The van der Waals surface area contributed by atoms with Crippen LogP contribution in [-0.4, -0.2) is 35.5 Å². The van der Waals surface area contributed by atoms with Crippen LogP contribution in [0.2, 0.25) is 5.02 Å². The summed E-state index contributed by atoms with van der Waals surface area (Å²) in [7, 11) is 0. The van der Waals surface area contributed by atoms with Crippen molar-refractivity contribution in [1.82, 2.24) is 10.6 Å². The number of carboxylic acid groups (broad SMARTS) is 1. The van der Waals surface area contributed by atoms with Crippen molar-refractivity contribution >= 4 is 29.4 Å². The van der Waals surface area contributed by atoms with Crippen LogP contribution in [0.3, 0.4) is 0 Å². The van der Waals surface area contributed by atoms with Gasteiger partial charge < -0.3 is 15.7 Å². The molecule has 1 aromatic carbocycles. The topological polar surface area (TPSA) is 95.5 Å². The van der Waals surface area contributed by atoms with Crippen molar-refractivity contribution in [2.45, 2.75) is 26.3 Å². The lowest BCUT2D eigenvalue weighted by Gasteiger charge is -2.23. The van der Waals surface area contributed by atoms with Gasteiger partial charge in [-0.2, -0.15) is 0 Å². The van der Waals surface area contributed by atoms with Crippen molar-refractivity contribution in [3.8, 4) is 0 Å². The molecule has 7 heteroatoms. The van der Waals surface area contributed by atoms with Crippen molar-refractivity contribution in [3.05, 3.63) is 34.9 Å². The SMILES string of the molecule is CCC(C)C(NC(=O)c1ccc(Cl)cc1)C(=O)NCC(=O)O. The van der Waals surface area contributed by atoms with Crippen molar-refractivity contribution in [2.75, 3.05) is 6.54 Å². The minimum Gasteiger partial charge on any atom is -0.480 e. The third kappa shape index (κ3) is 5.37. The van der Waals surface area contributed by atoms with E-state index in [-0.39, 0.29) is 5.92 Å². The van der Waals surface area contributed by atoms with E-state index in [9.17, 15) is 14.4 Å². The van der Waals surface area contributed by atoms with Crippen LogP contribution < -0.4 is 10.6 Å². The molecule has 0 saturated heterocycles.